The first-order chi connectivity index (χ1) is 13.2. The highest BCUT2D eigenvalue weighted by molar-refractivity contribution is 6.37. The zero-order valence-electron chi connectivity index (χ0n) is 15.5. The minimum Gasteiger partial charge on any atom is -0.489 e. The van der Waals surface area contributed by atoms with E-state index in [-0.39, 0.29) is 0 Å². The molecule has 3 heteroatoms. The Morgan fingerprint density at radius 2 is 1.26 bits per heavy atom. The van der Waals surface area contributed by atoms with Gasteiger partial charge in [-0.1, -0.05) is 66.2 Å². The molecule has 0 saturated carbocycles. The van der Waals surface area contributed by atoms with E-state index in [4.69, 9.17) is 21.1 Å². The second-order valence-electron chi connectivity index (χ2n) is 6.32. The number of halogens is 1. The van der Waals surface area contributed by atoms with Crippen molar-refractivity contribution in [1.82, 2.24) is 0 Å². The van der Waals surface area contributed by atoms with E-state index in [0.717, 1.165) is 27.3 Å². The summed E-state index contributed by atoms with van der Waals surface area (Å²) in [5.74, 6) is 1.33. The van der Waals surface area contributed by atoms with Gasteiger partial charge in [0.2, 0.25) is 0 Å². The van der Waals surface area contributed by atoms with Crippen LogP contribution in [0, 0.1) is 0 Å². The highest BCUT2D eigenvalue weighted by atomic mass is 35.5. The lowest BCUT2D eigenvalue weighted by molar-refractivity contribution is 0.291. The molecular weight excluding hydrogens is 356 g/mol. The van der Waals surface area contributed by atoms with Crippen LogP contribution in [0.4, 0.5) is 0 Å². The van der Waals surface area contributed by atoms with Crippen molar-refractivity contribution in [3.63, 3.8) is 0 Å². The number of ether oxygens (including phenoxy) is 2. The number of hydrogen-bond donors (Lipinski definition) is 0. The van der Waals surface area contributed by atoms with E-state index < -0.39 is 0 Å². The molecule has 4 aromatic carbocycles. The molecule has 4 rings (SSSR count). The Morgan fingerprint density at radius 1 is 0.704 bits per heavy atom. The number of rotatable bonds is 5. The van der Waals surface area contributed by atoms with Crippen LogP contribution in [-0.4, -0.2) is 13.2 Å². The maximum atomic E-state index is 6.89. The van der Waals surface area contributed by atoms with Gasteiger partial charge in [0.1, 0.15) is 0 Å². The van der Waals surface area contributed by atoms with Crippen LogP contribution in [0.5, 0.6) is 11.5 Å². The lowest BCUT2D eigenvalue weighted by Gasteiger charge is -2.20. The lowest BCUT2D eigenvalue weighted by Crippen LogP contribution is -2.01. The quantitative estimate of drug-likeness (QED) is 0.345. The monoisotopic (exact) mass is 376 g/mol. The van der Waals surface area contributed by atoms with Gasteiger partial charge in [-0.2, -0.15) is 0 Å². The van der Waals surface area contributed by atoms with Gasteiger partial charge in [0.15, 0.2) is 11.5 Å². The third-order valence-corrected chi connectivity index (χ3v) is 5.03. The normalized spacial score (nSPS) is 11.1. The number of benzene rings is 4. The summed E-state index contributed by atoms with van der Waals surface area (Å²) in [5.41, 5.74) is 2.04. The summed E-state index contributed by atoms with van der Waals surface area (Å²) in [6, 6.07) is 22.9. The summed E-state index contributed by atoms with van der Waals surface area (Å²) in [7, 11) is 0. The van der Waals surface area contributed by atoms with Gasteiger partial charge in [0.05, 0.1) is 18.2 Å². The van der Waals surface area contributed by atoms with Gasteiger partial charge in [0, 0.05) is 10.9 Å². The summed E-state index contributed by atoms with van der Waals surface area (Å²) in [6.07, 6.45) is 0. The van der Waals surface area contributed by atoms with Crippen molar-refractivity contribution < 1.29 is 9.47 Å². The Bertz CT molecular complexity index is 1100. The minimum atomic E-state index is 0.521. The summed E-state index contributed by atoms with van der Waals surface area (Å²) >= 11 is 6.89. The maximum absolute atomic E-state index is 6.89. The van der Waals surface area contributed by atoms with Gasteiger partial charge in [-0.25, -0.2) is 0 Å². The topological polar surface area (TPSA) is 18.5 Å². The average Bonchev–Trinajstić information content (AvgIpc) is 2.70. The van der Waals surface area contributed by atoms with E-state index in [1.807, 2.05) is 38.1 Å². The molecular formula is C24H21ClO2. The second kappa shape index (κ2) is 7.50. The predicted octanol–water partition coefficient (Wildman–Crippen LogP) is 7.11. The van der Waals surface area contributed by atoms with E-state index in [0.29, 0.717) is 29.7 Å². The molecule has 0 radical (unpaired) electrons. The molecule has 0 fully saturated rings. The minimum absolute atomic E-state index is 0.521. The summed E-state index contributed by atoms with van der Waals surface area (Å²) in [5, 5.41) is 5.01. The van der Waals surface area contributed by atoms with Crippen LogP contribution in [0.25, 0.3) is 32.7 Å². The first-order valence-corrected chi connectivity index (χ1v) is 9.61. The fourth-order valence-electron chi connectivity index (χ4n) is 3.54. The zero-order valence-corrected chi connectivity index (χ0v) is 16.2. The van der Waals surface area contributed by atoms with Crippen molar-refractivity contribution in [2.24, 2.45) is 0 Å². The van der Waals surface area contributed by atoms with Crippen molar-refractivity contribution in [2.75, 3.05) is 13.2 Å². The Morgan fingerprint density at radius 3 is 1.89 bits per heavy atom. The fourth-order valence-corrected chi connectivity index (χ4v) is 3.89. The van der Waals surface area contributed by atoms with Crippen LogP contribution >= 0.6 is 11.6 Å². The van der Waals surface area contributed by atoms with E-state index in [1.165, 1.54) is 5.39 Å². The molecule has 0 saturated heterocycles. The second-order valence-corrected chi connectivity index (χ2v) is 6.70. The van der Waals surface area contributed by atoms with Gasteiger partial charge >= 0.3 is 0 Å². The van der Waals surface area contributed by atoms with Gasteiger partial charge in [-0.15, -0.1) is 0 Å². The first kappa shape index (κ1) is 17.7. The van der Waals surface area contributed by atoms with E-state index in [9.17, 15) is 0 Å². The van der Waals surface area contributed by atoms with Crippen LogP contribution in [0.3, 0.4) is 0 Å². The predicted molar refractivity (Wildman–Crippen MR) is 114 cm³/mol. The Hall–Kier alpha value is -2.71. The third-order valence-electron chi connectivity index (χ3n) is 4.66. The Labute approximate surface area is 164 Å². The largest absolute Gasteiger partial charge is 0.489 e. The van der Waals surface area contributed by atoms with Crippen molar-refractivity contribution >= 4 is 33.1 Å². The standard InChI is InChI=1S/C24H21ClO2/c1-3-26-23-20-15-18-13-9-8-12-17(18)14-19(20)21(16-10-6-5-7-11-16)22(25)24(23)27-4-2/h5-15H,3-4H2,1-2H3. The molecule has 0 N–H and O–H groups in total. The smallest absolute Gasteiger partial charge is 0.181 e. The molecule has 0 spiro atoms. The van der Waals surface area contributed by atoms with Crippen molar-refractivity contribution in [2.45, 2.75) is 13.8 Å². The Balaban J connectivity index is 2.18. The highest BCUT2D eigenvalue weighted by Crippen LogP contribution is 2.49. The molecule has 27 heavy (non-hydrogen) atoms. The molecule has 0 aliphatic heterocycles. The molecule has 4 aromatic rings. The average molecular weight is 377 g/mol. The molecule has 0 heterocycles. The molecule has 0 bridgehead atoms. The molecule has 0 amide bonds. The van der Waals surface area contributed by atoms with Crippen LogP contribution in [0.1, 0.15) is 13.8 Å². The van der Waals surface area contributed by atoms with E-state index in [2.05, 4.69) is 42.5 Å². The summed E-state index contributed by atoms with van der Waals surface area (Å²) in [6.45, 7) is 5.00. The highest BCUT2D eigenvalue weighted by Gasteiger charge is 2.22. The molecule has 136 valence electrons. The molecule has 0 unspecified atom stereocenters. The van der Waals surface area contributed by atoms with Crippen LogP contribution in [0.2, 0.25) is 5.02 Å². The van der Waals surface area contributed by atoms with Crippen molar-refractivity contribution in [3.8, 4) is 22.6 Å². The molecule has 0 atom stereocenters. The van der Waals surface area contributed by atoms with Gasteiger partial charge in [0.25, 0.3) is 0 Å². The summed E-state index contributed by atoms with van der Waals surface area (Å²) < 4.78 is 12.0. The van der Waals surface area contributed by atoms with E-state index in [1.54, 1.807) is 0 Å². The van der Waals surface area contributed by atoms with Crippen LogP contribution in [0.15, 0.2) is 66.7 Å². The van der Waals surface area contributed by atoms with Crippen LogP contribution in [-0.2, 0) is 0 Å². The lowest BCUT2D eigenvalue weighted by atomic mass is 9.94. The number of fused-ring (bicyclic) bond motifs is 2. The van der Waals surface area contributed by atoms with Gasteiger partial charge in [-0.3, -0.25) is 0 Å². The summed E-state index contributed by atoms with van der Waals surface area (Å²) in [4.78, 5) is 0. The Kier molecular flexibility index (Phi) is 4.91. The van der Waals surface area contributed by atoms with Crippen molar-refractivity contribution in [3.05, 3.63) is 71.8 Å². The van der Waals surface area contributed by atoms with Gasteiger partial charge in [-0.05, 0) is 47.7 Å². The van der Waals surface area contributed by atoms with E-state index >= 15 is 0 Å². The van der Waals surface area contributed by atoms with Crippen molar-refractivity contribution in [1.29, 1.82) is 0 Å². The molecule has 0 aromatic heterocycles. The molecule has 2 nitrogen and oxygen atoms in total. The van der Waals surface area contributed by atoms with Crippen LogP contribution < -0.4 is 9.47 Å². The molecule has 0 aliphatic carbocycles. The zero-order chi connectivity index (χ0) is 18.8. The number of hydrogen-bond acceptors (Lipinski definition) is 2. The van der Waals surface area contributed by atoms with Gasteiger partial charge < -0.3 is 9.47 Å². The SMILES string of the molecule is CCOc1c(Cl)c(-c2ccccc2)c2cc3ccccc3cc2c1OCC. The fraction of sp³-hybridized carbons (Fsp3) is 0.167. The first-order valence-electron chi connectivity index (χ1n) is 9.23. The third kappa shape index (κ3) is 3.11. The maximum Gasteiger partial charge on any atom is 0.181 e. The molecule has 0 aliphatic rings.